The van der Waals surface area contributed by atoms with Gasteiger partial charge < -0.3 is 20.1 Å². The predicted molar refractivity (Wildman–Crippen MR) is 167 cm³/mol. The van der Waals surface area contributed by atoms with Gasteiger partial charge in [0.2, 0.25) is 5.95 Å². The van der Waals surface area contributed by atoms with E-state index in [2.05, 4.69) is 35.0 Å². The van der Waals surface area contributed by atoms with E-state index in [0.29, 0.717) is 28.5 Å². The fourth-order valence-electron chi connectivity index (χ4n) is 4.00. The average Bonchev–Trinajstić information content (AvgIpc) is 3.46. The number of nitrogens with zero attached hydrogens (tertiary/aromatic N) is 4. The number of ether oxygens (including phenoxy) is 2. The van der Waals surface area contributed by atoms with Gasteiger partial charge in [-0.3, -0.25) is 4.72 Å². The summed E-state index contributed by atoms with van der Waals surface area (Å²) in [6, 6.07) is 7.77. The van der Waals surface area contributed by atoms with Crippen LogP contribution in [-0.4, -0.2) is 61.3 Å². The highest BCUT2D eigenvalue weighted by molar-refractivity contribution is 7.92. The van der Waals surface area contributed by atoms with Crippen LogP contribution in [0.1, 0.15) is 39.1 Å². The van der Waals surface area contributed by atoms with Gasteiger partial charge in [-0.25, -0.2) is 29.1 Å². The summed E-state index contributed by atoms with van der Waals surface area (Å²) in [6.45, 7) is 8.13. The molecule has 1 aromatic carbocycles. The minimum absolute atomic E-state index is 0.0206. The minimum Gasteiger partial charge on any atom is -0.492 e. The number of alkyl carbamates (subject to hydrolysis) is 1. The third-order valence-electron chi connectivity index (χ3n) is 6.45. The van der Waals surface area contributed by atoms with E-state index in [1.165, 1.54) is 43.8 Å². The number of benzene rings is 1. The molecule has 3 heterocycles. The van der Waals surface area contributed by atoms with Crippen LogP contribution in [0.15, 0.2) is 47.6 Å². The number of carbonyl (C=O) groups excluding carboxylic acids is 1. The zero-order valence-corrected chi connectivity index (χ0v) is 27.1. The van der Waals surface area contributed by atoms with Crippen molar-refractivity contribution in [3.05, 3.63) is 59.4 Å². The first kappa shape index (κ1) is 33.5. The van der Waals surface area contributed by atoms with Crippen LogP contribution in [0.4, 0.5) is 25.2 Å². The van der Waals surface area contributed by atoms with E-state index in [0.717, 1.165) is 12.1 Å². The molecule has 3 aromatic heterocycles. The van der Waals surface area contributed by atoms with Gasteiger partial charge in [0.25, 0.3) is 16.0 Å². The SMILES string of the molecule is CC[C@@H](CNc1nccc(-c2sc(C(C)(C)C)nc2-c2cccc(NS(=O)(=O)c3ccc(OC)c(F)n3)c2F)n1)NC(=O)OC. The highest BCUT2D eigenvalue weighted by Gasteiger charge is 2.27. The molecule has 0 aliphatic rings. The molecule has 1 amide bonds. The van der Waals surface area contributed by atoms with Crippen LogP contribution < -0.4 is 20.1 Å². The largest absolute Gasteiger partial charge is 0.492 e. The fourth-order valence-corrected chi connectivity index (χ4v) is 6.11. The number of hydrogen-bond acceptors (Lipinski definition) is 11. The lowest BCUT2D eigenvalue weighted by atomic mass is 9.98. The topological polar surface area (TPSA) is 157 Å². The second kappa shape index (κ2) is 13.7. The molecule has 0 radical (unpaired) electrons. The summed E-state index contributed by atoms with van der Waals surface area (Å²) >= 11 is 1.32. The summed E-state index contributed by atoms with van der Waals surface area (Å²) in [4.78, 5) is 29.3. The highest BCUT2D eigenvalue weighted by atomic mass is 32.2. The Morgan fingerprint density at radius 1 is 1.07 bits per heavy atom. The number of aromatic nitrogens is 4. The molecule has 0 saturated heterocycles. The van der Waals surface area contributed by atoms with Crippen molar-refractivity contribution in [2.24, 2.45) is 0 Å². The normalized spacial score (nSPS) is 12.4. The Balaban J connectivity index is 1.71. The molecular weight excluding hydrogens is 628 g/mol. The van der Waals surface area contributed by atoms with Crippen molar-refractivity contribution in [2.45, 2.75) is 50.6 Å². The fraction of sp³-hybridized carbons (Fsp3) is 0.345. The highest BCUT2D eigenvalue weighted by Crippen LogP contribution is 2.42. The van der Waals surface area contributed by atoms with Crippen molar-refractivity contribution < 1.29 is 31.5 Å². The van der Waals surface area contributed by atoms with Crippen molar-refractivity contribution in [1.29, 1.82) is 0 Å². The van der Waals surface area contributed by atoms with Crippen LogP contribution in [0.3, 0.4) is 0 Å². The van der Waals surface area contributed by atoms with Crippen molar-refractivity contribution in [3.63, 3.8) is 0 Å². The summed E-state index contributed by atoms with van der Waals surface area (Å²) in [5.74, 6) is -1.98. The minimum atomic E-state index is -4.47. The van der Waals surface area contributed by atoms with E-state index < -0.39 is 38.3 Å². The molecule has 16 heteroatoms. The number of amides is 1. The van der Waals surface area contributed by atoms with Gasteiger partial charge in [-0.05, 0) is 36.8 Å². The van der Waals surface area contributed by atoms with Crippen LogP contribution in [0, 0.1) is 11.8 Å². The van der Waals surface area contributed by atoms with Crippen molar-refractivity contribution in [2.75, 3.05) is 30.8 Å². The zero-order valence-electron chi connectivity index (χ0n) is 25.4. The van der Waals surface area contributed by atoms with E-state index in [9.17, 15) is 17.6 Å². The molecule has 4 rings (SSSR count). The molecular formula is C29H33F2N7O5S2. The van der Waals surface area contributed by atoms with Gasteiger partial charge in [0.05, 0.1) is 41.2 Å². The molecule has 4 aromatic rings. The van der Waals surface area contributed by atoms with Gasteiger partial charge in [-0.15, -0.1) is 11.3 Å². The Morgan fingerprint density at radius 3 is 2.47 bits per heavy atom. The number of carbonyl (C=O) groups is 1. The van der Waals surface area contributed by atoms with E-state index in [4.69, 9.17) is 9.72 Å². The van der Waals surface area contributed by atoms with Crippen LogP contribution >= 0.6 is 11.3 Å². The second-order valence-electron chi connectivity index (χ2n) is 10.7. The molecule has 0 saturated carbocycles. The first-order chi connectivity index (χ1) is 21.3. The number of rotatable bonds is 11. The lowest BCUT2D eigenvalue weighted by Gasteiger charge is -2.16. The third kappa shape index (κ3) is 7.81. The molecule has 0 fully saturated rings. The zero-order chi connectivity index (χ0) is 32.9. The maximum absolute atomic E-state index is 16.1. The number of sulfonamides is 1. The molecule has 0 aliphatic heterocycles. The summed E-state index contributed by atoms with van der Waals surface area (Å²) in [5.41, 5.74) is -0.0597. The second-order valence-corrected chi connectivity index (χ2v) is 13.4. The van der Waals surface area contributed by atoms with Gasteiger partial charge in [0.1, 0.15) is 0 Å². The van der Waals surface area contributed by atoms with Gasteiger partial charge in [-0.1, -0.05) is 33.8 Å². The van der Waals surface area contributed by atoms with Crippen LogP contribution in [0.5, 0.6) is 5.75 Å². The predicted octanol–water partition coefficient (Wildman–Crippen LogP) is 5.59. The maximum atomic E-state index is 16.1. The average molecular weight is 662 g/mol. The Bertz CT molecular complexity index is 1800. The molecule has 0 unspecified atom stereocenters. The van der Waals surface area contributed by atoms with Crippen LogP contribution in [0.2, 0.25) is 0 Å². The lowest BCUT2D eigenvalue weighted by molar-refractivity contribution is 0.167. The standard InChI is InChI=1S/C29H33F2N7O5S2/c1-7-16(34-28(39)43-6)15-33-27-32-14-13-19(35-27)24-23(37-26(44-24)29(2,3)4)17-9-8-10-18(22(17)30)38-45(40,41)21-12-11-20(42-5)25(31)36-21/h8-14,16,38H,7,15H2,1-6H3,(H,34,39)(H,32,33,35)/t16-/m0/s1. The molecule has 1 atom stereocenters. The van der Waals surface area contributed by atoms with E-state index in [-0.39, 0.29) is 34.7 Å². The molecule has 45 heavy (non-hydrogen) atoms. The van der Waals surface area contributed by atoms with E-state index in [1.54, 1.807) is 12.3 Å². The summed E-state index contributed by atoms with van der Waals surface area (Å²) < 4.78 is 67.9. The Kier molecular flexibility index (Phi) is 10.2. The number of methoxy groups -OCH3 is 2. The number of hydrogen-bond donors (Lipinski definition) is 3. The van der Waals surface area contributed by atoms with Crippen LogP contribution in [0.25, 0.3) is 21.8 Å². The van der Waals surface area contributed by atoms with Crippen molar-refractivity contribution >= 4 is 39.1 Å². The van der Waals surface area contributed by atoms with E-state index in [1.807, 2.05) is 27.7 Å². The Hall–Kier alpha value is -4.44. The number of thiazole rings is 1. The van der Waals surface area contributed by atoms with E-state index >= 15 is 4.39 Å². The molecule has 0 aliphatic carbocycles. The van der Waals surface area contributed by atoms with Crippen LogP contribution in [-0.2, 0) is 20.2 Å². The van der Waals surface area contributed by atoms with Gasteiger partial charge in [0.15, 0.2) is 16.6 Å². The number of halogens is 2. The number of anilines is 2. The molecule has 240 valence electrons. The van der Waals surface area contributed by atoms with Gasteiger partial charge in [-0.2, -0.15) is 12.8 Å². The quantitative estimate of drug-likeness (QED) is 0.173. The Morgan fingerprint density at radius 2 is 1.82 bits per heavy atom. The Labute approximate surface area is 263 Å². The third-order valence-corrected chi connectivity index (χ3v) is 9.22. The summed E-state index contributed by atoms with van der Waals surface area (Å²) in [6.07, 6.45) is 1.61. The molecule has 12 nitrogen and oxygen atoms in total. The van der Waals surface area contributed by atoms with Gasteiger partial charge in [0, 0.05) is 29.8 Å². The molecule has 0 bridgehead atoms. The summed E-state index contributed by atoms with van der Waals surface area (Å²) in [7, 11) is -1.97. The summed E-state index contributed by atoms with van der Waals surface area (Å²) in [5, 5.41) is 5.87. The number of pyridine rings is 1. The first-order valence-electron chi connectivity index (χ1n) is 13.7. The van der Waals surface area contributed by atoms with Gasteiger partial charge >= 0.3 is 6.09 Å². The van der Waals surface area contributed by atoms with Crippen molar-refractivity contribution in [3.8, 4) is 27.6 Å². The molecule has 0 spiro atoms. The lowest BCUT2D eigenvalue weighted by Crippen LogP contribution is -2.39. The smallest absolute Gasteiger partial charge is 0.407 e. The number of nitrogens with one attached hydrogen (secondary N) is 3. The maximum Gasteiger partial charge on any atom is 0.407 e. The van der Waals surface area contributed by atoms with Crippen molar-refractivity contribution in [1.82, 2.24) is 25.3 Å². The monoisotopic (exact) mass is 661 g/mol. The first-order valence-corrected chi connectivity index (χ1v) is 16.0. The molecule has 3 N–H and O–H groups in total.